The van der Waals surface area contributed by atoms with E-state index in [1.807, 2.05) is 18.4 Å². The van der Waals surface area contributed by atoms with E-state index in [0.717, 1.165) is 26.7 Å². The molecule has 1 aromatic heterocycles. The van der Waals surface area contributed by atoms with Crippen LogP contribution in [0.2, 0.25) is 0 Å². The fraction of sp³-hybridized carbons (Fsp3) is 0.182. The van der Waals surface area contributed by atoms with Gasteiger partial charge in [-0.1, -0.05) is 22.0 Å². The number of thiophene rings is 1. The average molecular weight is 282 g/mol. The van der Waals surface area contributed by atoms with Gasteiger partial charge in [0.05, 0.1) is 0 Å². The molecule has 0 aromatic carbocycles. The molecule has 0 saturated heterocycles. The second-order valence-corrected chi connectivity index (χ2v) is 5.55. The highest BCUT2D eigenvalue weighted by atomic mass is 79.9. The summed E-state index contributed by atoms with van der Waals surface area (Å²) in [5, 5.41) is 4.23. The van der Waals surface area contributed by atoms with Crippen molar-refractivity contribution in [1.82, 2.24) is 5.32 Å². The summed E-state index contributed by atoms with van der Waals surface area (Å²) in [7, 11) is 0. The van der Waals surface area contributed by atoms with E-state index in [0.29, 0.717) is 6.42 Å². The molecule has 2 nitrogen and oxygen atoms in total. The molecule has 15 heavy (non-hydrogen) atoms. The maximum absolute atomic E-state index is 11.8. The molecule has 1 aromatic rings. The van der Waals surface area contributed by atoms with E-state index in [2.05, 4.69) is 21.2 Å². The van der Waals surface area contributed by atoms with Gasteiger partial charge in [-0.2, -0.15) is 0 Å². The van der Waals surface area contributed by atoms with Crippen LogP contribution in [0.1, 0.15) is 21.7 Å². The lowest BCUT2D eigenvalue weighted by molar-refractivity contribution is 0.0994. The molecule has 0 amide bonds. The van der Waals surface area contributed by atoms with Crippen LogP contribution in [-0.4, -0.2) is 12.3 Å². The number of halogens is 1. The summed E-state index contributed by atoms with van der Waals surface area (Å²) >= 11 is 5.23. The standard InChI is InChI=1S/C11H8BrNOS/c12-7-5-13-4-6-10-8(14)2-1-3-9(10)15-11(6)7/h1,3-4,13H,2,5H2. The highest BCUT2D eigenvalue weighted by Gasteiger charge is 2.19. The fourth-order valence-electron chi connectivity index (χ4n) is 1.90. The third kappa shape index (κ3) is 1.32. The third-order valence-corrected chi connectivity index (χ3v) is 4.74. The van der Waals surface area contributed by atoms with Gasteiger partial charge in [0.25, 0.3) is 0 Å². The number of rotatable bonds is 0. The maximum atomic E-state index is 11.8. The predicted molar refractivity (Wildman–Crippen MR) is 66.4 cm³/mol. The molecule has 4 heteroatoms. The first-order chi connectivity index (χ1) is 7.27. The number of hydrogen-bond donors (Lipinski definition) is 1. The van der Waals surface area contributed by atoms with Crippen molar-refractivity contribution in [3.63, 3.8) is 0 Å². The zero-order valence-corrected chi connectivity index (χ0v) is 10.2. The summed E-state index contributed by atoms with van der Waals surface area (Å²) in [6.45, 7) is 0.810. The lowest BCUT2D eigenvalue weighted by atomic mass is 10.0. The zero-order valence-electron chi connectivity index (χ0n) is 7.84. The van der Waals surface area contributed by atoms with Crippen LogP contribution in [0.4, 0.5) is 0 Å². The Morgan fingerprint density at radius 3 is 3.20 bits per heavy atom. The first-order valence-corrected chi connectivity index (χ1v) is 6.33. The highest BCUT2D eigenvalue weighted by Crippen LogP contribution is 2.20. The molecule has 0 atom stereocenters. The van der Waals surface area contributed by atoms with E-state index in [4.69, 9.17) is 0 Å². The Hall–Kier alpha value is -0.870. The number of nitrogens with one attached hydrogen (secondary N) is 1. The van der Waals surface area contributed by atoms with Crippen LogP contribution >= 0.6 is 27.3 Å². The van der Waals surface area contributed by atoms with Gasteiger partial charge in [-0.3, -0.25) is 4.79 Å². The monoisotopic (exact) mass is 281 g/mol. The van der Waals surface area contributed by atoms with Gasteiger partial charge < -0.3 is 5.32 Å². The van der Waals surface area contributed by atoms with Crippen molar-refractivity contribution < 1.29 is 4.79 Å². The van der Waals surface area contributed by atoms with E-state index in [1.165, 1.54) is 4.53 Å². The number of hydrogen-bond acceptors (Lipinski definition) is 3. The number of carbonyl (C=O) groups excluding carboxylic acids is 1. The molecule has 2 heterocycles. The van der Waals surface area contributed by atoms with Gasteiger partial charge in [0.2, 0.25) is 0 Å². The minimum absolute atomic E-state index is 0.227. The van der Waals surface area contributed by atoms with Gasteiger partial charge >= 0.3 is 0 Å². The Kier molecular flexibility index (Phi) is 2.07. The van der Waals surface area contributed by atoms with Crippen LogP contribution in [-0.2, 0) is 0 Å². The van der Waals surface area contributed by atoms with Crippen LogP contribution in [0.5, 0.6) is 0 Å². The number of ketones is 1. The minimum Gasteiger partial charge on any atom is -0.386 e. The Morgan fingerprint density at radius 2 is 2.33 bits per heavy atom. The van der Waals surface area contributed by atoms with Gasteiger partial charge in [-0.15, -0.1) is 11.3 Å². The van der Waals surface area contributed by atoms with Crippen LogP contribution in [0.15, 0.2) is 6.08 Å². The Morgan fingerprint density at radius 1 is 1.47 bits per heavy atom. The van der Waals surface area contributed by atoms with Crippen LogP contribution in [0, 0.1) is 0 Å². The Labute approximate surface area is 99.1 Å². The largest absolute Gasteiger partial charge is 0.386 e. The van der Waals surface area contributed by atoms with Crippen LogP contribution in [0.25, 0.3) is 16.8 Å². The van der Waals surface area contributed by atoms with Crippen molar-refractivity contribution in [2.75, 3.05) is 6.54 Å². The van der Waals surface area contributed by atoms with E-state index >= 15 is 0 Å². The quantitative estimate of drug-likeness (QED) is 0.774. The maximum Gasteiger partial charge on any atom is 0.168 e. The van der Waals surface area contributed by atoms with Crippen molar-refractivity contribution in [2.24, 2.45) is 0 Å². The lowest BCUT2D eigenvalue weighted by Crippen LogP contribution is -2.34. The number of carbonyl (C=O) groups is 1. The fourth-order valence-corrected chi connectivity index (χ4v) is 3.69. The topological polar surface area (TPSA) is 29.1 Å². The van der Waals surface area contributed by atoms with E-state index in [1.54, 1.807) is 11.3 Å². The number of allylic oxidation sites excluding steroid dienone is 1. The first-order valence-electron chi connectivity index (χ1n) is 4.72. The molecule has 0 saturated carbocycles. The van der Waals surface area contributed by atoms with Crippen molar-refractivity contribution in [1.29, 1.82) is 0 Å². The molecule has 76 valence electrons. The van der Waals surface area contributed by atoms with Gasteiger partial charge in [0.1, 0.15) is 0 Å². The number of fused-ring (bicyclic) bond motifs is 3. The summed E-state index contributed by atoms with van der Waals surface area (Å²) in [4.78, 5) is 12.9. The predicted octanol–water partition coefficient (Wildman–Crippen LogP) is 1.19. The second-order valence-electron chi connectivity index (χ2n) is 3.54. The smallest absolute Gasteiger partial charge is 0.168 e. The third-order valence-electron chi connectivity index (χ3n) is 2.57. The molecule has 0 bridgehead atoms. The second kappa shape index (κ2) is 3.32. The molecule has 3 rings (SSSR count). The summed E-state index contributed by atoms with van der Waals surface area (Å²) in [5.74, 6) is 0.227. The zero-order chi connectivity index (χ0) is 10.4. The molecule has 1 aliphatic carbocycles. The molecule has 0 fully saturated rings. The van der Waals surface area contributed by atoms with Crippen molar-refractivity contribution in [3.8, 4) is 0 Å². The van der Waals surface area contributed by atoms with Gasteiger partial charge in [-0.25, -0.2) is 0 Å². The number of Topliss-reactive ketones (excluding diaryl/α,β-unsaturated/α-hetero) is 1. The van der Waals surface area contributed by atoms with Gasteiger partial charge in [0, 0.05) is 43.8 Å². The molecule has 1 N–H and O–H groups in total. The normalized spacial score (nSPS) is 17.9. The van der Waals surface area contributed by atoms with Crippen molar-refractivity contribution in [3.05, 3.63) is 26.3 Å². The van der Waals surface area contributed by atoms with Crippen LogP contribution in [0.3, 0.4) is 0 Å². The Bertz CT molecular complexity index is 597. The molecule has 0 radical (unpaired) electrons. The molecule has 2 aliphatic rings. The summed E-state index contributed by atoms with van der Waals surface area (Å²) in [6.07, 6.45) is 6.47. The summed E-state index contributed by atoms with van der Waals surface area (Å²) in [6, 6.07) is 0. The van der Waals surface area contributed by atoms with Crippen LogP contribution < -0.4 is 15.1 Å². The average Bonchev–Trinajstić information content (AvgIpc) is 2.59. The first kappa shape index (κ1) is 9.36. The summed E-state index contributed by atoms with van der Waals surface area (Å²) in [5.41, 5.74) is 0.890. The highest BCUT2D eigenvalue weighted by molar-refractivity contribution is 9.15. The molecule has 0 unspecified atom stereocenters. The molecule has 0 spiro atoms. The van der Waals surface area contributed by atoms with E-state index in [9.17, 15) is 4.79 Å². The Balaban J connectivity index is 2.48. The molecular weight excluding hydrogens is 274 g/mol. The summed E-state index contributed by atoms with van der Waals surface area (Å²) < 4.78 is 2.33. The lowest BCUT2D eigenvalue weighted by Gasteiger charge is -2.05. The van der Waals surface area contributed by atoms with E-state index < -0.39 is 0 Å². The van der Waals surface area contributed by atoms with E-state index in [-0.39, 0.29) is 5.78 Å². The van der Waals surface area contributed by atoms with Crippen molar-refractivity contribution in [2.45, 2.75) is 6.42 Å². The molecule has 1 aliphatic heterocycles. The van der Waals surface area contributed by atoms with Gasteiger partial charge in [-0.05, 0) is 6.08 Å². The minimum atomic E-state index is 0.227. The van der Waals surface area contributed by atoms with Gasteiger partial charge in [0.15, 0.2) is 5.78 Å². The molecular formula is C11H8BrNOS. The SMILES string of the molecule is O=C1CC=Cc2sc3c(c21)=CNCC=3Br. The van der Waals surface area contributed by atoms with Crippen molar-refractivity contribution >= 4 is 49.8 Å².